The number of benzene rings is 4. The van der Waals surface area contributed by atoms with Crippen LogP contribution in [0.1, 0.15) is 52.0 Å². The van der Waals surface area contributed by atoms with Crippen molar-refractivity contribution < 1.29 is 37.3 Å². The summed E-state index contributed by atoms with van der Waals surface area (Å²) in [5.41, 5.74) is 3.98. The number of hydrogen-bond acceptors (Lipinski definition) is 6. The Hall–Kier alpha value is -4.87. The number of aryl methyl sites for hydroxylation is 1. The van der Waals surface area contributed by atoms with E-state index >= 15 is 0 Å². The number of anilines is 1. The molecule has 272 valence electrons. The van der Waals surface area contributed by atoms with E-state index in [-0.39, 0.29) is 42.2 Å². The van der Waals surface area contributed by atoms with Crippen molar-refractivity contribution in [3.05, 3.63) is 124 Å². The van der Waals surface area contributed by atoms with Gasteiger partial charge in [-0.3, -0.25) is 9.59 Å². The zero-order valence-electron chi connectivity index (χ0n) is 29.7. The molecule has 4 aromatic rings. The van der Waals surface area contributed by atoms with E-state index in [1.807, 2.05) is 19.1 Å². The fourth-order valence-corrected chi connectivity index (χ4v) is 5.51. The van der Waals surface area contributed by atoms with Crippen molar-refractivity contribution in [1.82, 2.24) is 9.80 Å². The second kappa shape index (κ2) is 17.9. The second-order valence-corrected chi connectivity index (χ2v) is 13.2. The molecule has 11 heteroatoms. The van der Waals surface area contributed by atoms with Gasteiger partial charge in [-0.05, 0) is 81.0 Å². The predicted molar refractivity (Wildman–Crippen MR) is 192 cm³/mol. The number of nitrogens with zero attached hydrogens (tertiary/aromatic N) is 2. The Morgan fingerprint density at radius 3 is 2.29 bits per heavy atom. The molecule has 0 saturated heterocycles. The van der Waals surface area contributed by atoms with Crippen LogP contribution in [0.4, 0.5) is 18.9 Å². The average molecular weight is 706 g/mol. The number of aliphatic hydroxyl groups excluding tert-OH is 1. The molecular weight excluding hydrogens is 659 g/mol. The lowest BCUT2D eigenvalue weighted by Crippen LogP contribution is -2.45. The largest absolute Gasteiger partial charge is 0.490 e. The van der Waals surface area contributed by atoms with Crippen LogP contribution in [0.2, 0.25) is 0 Å². The summed E-state index contributed by atoms with van der Waals surface area (Å²) < 4.78 is 49.8. The number of amides is 2. The van der Waals surface area contributed by atoms with Crippen LogP contribution in [0.15, 0.2) is 91.0 Å². The summed E-state index contributed by atoms with van der Waals surface area (Å²) in [6.07, 6.45) is -4.58. The van der Waals surface area contributed by atoms with Gasteiger partial charge in [0.25, 0.3) is 5.91 Å². The summed E-state index contributed by atoms with van der Waals surface area (Å²) in [6.45, 7) is 7.89. The van der Waals surface area contributed by atoms with Crippen molar-refractivity contribution in [2.75, 3.05) is 39.2 Å². The molecule has 0 bridgehead atoms. The molecule has 2 amide bonds. The fraction of sp³-hybridized carbons (Fsp3) is 0.350. The van der Waals surface area contributed by atoms with Gasteiger partial charge in [0, 0.05) is 19.0 Å². The van der Waals surface area contributed by atoms with Crippen LogP contribution in [-0.2, 0) is 30.5 Å². The normalized spacial score (nSPS) is 15.1. The summed E-state index contributed by atoms with van der Waals surface area (Å²) in [5, 5.41) is 12.2. The number of hydrogen-bond donors (Lipinski definition) is 2. The number of para-hydroxylation sites is 1. The van der Waals surface area contributed by atoms with Crippen molar-refractivity contribution in [1.29, 1.82) is 0 Å². The lowest BCUT2D eigenvalue weighted by Gasteiger charge is -2.33. The van der Waals surface area contributed by atoms with E-state index in [9.17, 15) is 27.9 Å². The van der Waals surface area contributed by atoms with Gasteiger partial charge in [-0.1, -0.05) is 67.1 Å². The van der Waals surface area contributed by atoms with Gasteiger partial charge < -0.3 is 29.7 Å². The number of carbonyl (C=O) groups is 2. The Balaban J connectivity index is 0.000000261. The third kappa shape index (κ3) is 11.6. The van der Waals surface area contributed by atoms with Crippen molar-refractivity contribution in [2.24, 2.45) is 5.92 Å². The van der Waals surface area contributed by atoms with Crippen molar-refractivity contribution >= 4 is 17.5 Å². The molecule has 0 radical (unpaired) electrons. The lowest BCUT2D eigenvalue weighted by molar-refractivity contribution is -0.137. The molecule has 0 spiro atoms. The number of alkyl halides is 3. The maximum Gasteiger partial charge on any atom is 0.416 e. The van der Waals surface area contributed by atoms with Gasteiger partial charge in [0.2, 0.25) is 5.91 Å². The summed E-state index contributed by atoms with van der Waals surface area (Å²) in [4.78, 5) is 29.4. The molecule has 5 rings (SSSR count). The second-order valence-electron chi connectivity index (χ2n) is 13.2. The van der Waals surface area contributed by atoms with E-state index in [1.54, 1.807) is 30.0 Å². The zero-order valence-corrected chi connectivity index (χ0v) is 29.7. The Morgan fingerprint density at radius 1 is 1.00 bits per heavy atom. The smallest absolute Gasteiger partial charge is 0.416 e. The Bertz CT molecular complexity index is 1740. The molecule has 1 heterocycles. The topological polar surface area (TPSA) is 91.3 Å². The summed E-state index contributed by atoms with van der Waals surface area (Å²) in [5.74, 6) is 0.387. The van der Waals surface area contributed by atoms with Gasteiger partial charge in [-0.2, -0.15) is 13.2 Å². The first-order valence-electron chi connectivity index (χ1n) is 16.8. The van der Waals surface area contributed by atoms with E-state index in [4.69, 9.17) is 9.47 Å². The number of aliphatic hydroxyl groups is 1. The standard InChI is InChI=1S/C23H25F3N2O4.C17H21NO/c1-14-11-28(15(2)12-29)22(31)18-4-3-5-19(21(18)32-13-14)27-20(30)10-16-6-8-17(9-7-16)23(24,25)26;1-14-5-4-6-16(11-14)13-19-17-9-7-15(8-10-17)12-18(2)3/h3-9,14-15,29H,10-13H2,1-2H3,(H,27,30);4-11H,12-13H2,1-3H3/t14-,15+;/m1./s1. The summed E-state index contributed by atoms with van der Waals surface area (Å²) >= 11 is 0. The maximum atomic E-state index is 13.1. The van der Waals surface area contributed by atoms with E-state index in [1.165, 1.54) is 28.8 Å². The Morgan fingerprint density at radius 2 is 1.67 bits per heavy atom. The molecule has 0 aromatic heterocycles. The molecule has 1 aliphatic heterocycles. The molecule has 1 aliphatic rings. The van der Waals surface area contributed by atoms with Gasteiger partial charge in [0.15, 0.2) is 5.75 Å². The number of halogens is 3. The minimum absolute atomic E-state index is 0.00277. The number of ether oxygens (including phenoxy) is 2. The minimum Gasteiger partial charge on any atom is -0.490 e. The SMILES string of the molecule is C[C@H]1COc2c(NC(=O)Cc3ccc(C(F)(F)F)cc3)cccc2C(=O)N([C@@H](C)CO)C1.Cc1cccc(COc2ccc(CN(C)C)cc2)c1. The first kappa shape index (κ1) is 38.9. The molecule has 4 aromatic carbocycles. The van der Waals surface area contributed by atoms with Crippen LogP contribution in [-0.4, -0.2) is 66.6 Å². The van der Waals surface area contributed by atoms with E-state index in [0.29, 0.717) is 31.0 Å². The van der Waals surface area contributed by atoms with Crippen LogP contribution >= 0.6 is 0 Å². The number of rotatable bonds is 10. The van der Waals surface area contributed by atoms with Crippen molar-refractivity contribution in [2.45, 2.75) is 52.6 Å². The Labute approximate surface area is 297 Å². The molecular formula is C40H46F3N3O5. The van der Waals surface area contributed by atoms with Gasteiger partial charge in [-0.15, -0.1) is 0 Å². The fourth-order valence-electron chi connectivity index (χ4n) is 5.51. The van der Waals surface area contributed by atoms with Gasteiger partial charge in [0.05, 0.1) is 42.5 Å². The highest BCUT2D eigenvalue weighted by atomic mass is 19.4. The van der Waals surface area contributed by atoms with Crippen LogP contribution in [0, 0.1) is 12.8 Å². The zero-order chi connectivity index (χ0) is 37.1. The van der Waals surface area contributed by atoms with Gasteiger partial charge >= 0.3 is 6.18 Å². The van der Waals surface area contributed by atoms with E-state index < -0.39 is 17.6 Å². The monoisotopic (exact) mass is 705 g/mol. The molecule has 51 heavy (non-hydrogen) atoms. The highest BCUT2D eigenvalue weighted by Crippen LogP contribution is 2.33. The summed E-state index contributed by atoms with van der Waals surface area (Å²) in [7, 11) is 4.14. The molecule has 2 atom stereocenters. The highest BCUT2D eigenvalue weighted by molar-refractivity contribution is 6.02. The maximum absolute atomic E-state index is 13.1. The first-order valence-corrected chi connectivity index (χ1v) is 16.8. The molecule has 0 aliphatic carbocycles. The van der Waals surface area contributed by atoms with Crippen LogP contribution in [0.5, 0.6) is 11.5 Å². The van der Waals surface area contributed by atoms with Crippen molar-refractivity contribution in [3.63, 3.8) is 0 Å². The van der Waals surface area contributed by atoms with Gasteiger partial charge in [0.1, 0.15) is 12.4 Å². The van der Waals surface area contributed by atoms with Crippen LogP contribution in [0.25, 0.3) is 0 Å². The molecule has 0 saturated carbocycles. The van der Waals surface area contributed by atoms with Crippen LogP contribution < -0.4 is 14.8 Å². The molecule has 8 nitrogen and oxygen atoms in total. The van der Waals surface area contributed by atoms with Crippen molar-refractivity contribution in [3.8, 4) is 11.5 Å². The van der Waals surface area contributed by atoms with Crippen LogP contribution in [0.3, 0.4) is 0 Å². The third-order valence-corrected chi connectivity index (χ3v) is 8.15. The average Bonchev–Trinajstić information content (AvgIpc) is 3.08. The molecule has 0 unspecified atom stereocenters. The minimum atomic E-state index is -4.44. The first-order chi connectivity index (χ1) is 24.2. The van der Waals surface area contributed by atoms with E-state index in [0.717, 1.165) is 24.4 Å². The highest BCUT2D eigenvalue weighted by Gasteiger charge is 2.31. The molecule has 2 N–H and O–H groups in total. The Kier molecular flexibility index (Phi) is 13.6. The third-order valence-electron chi connectivity index (χ3n) is 8.15. The number of nitrogens with one attached hydrogen (secondary N) is 1. The predicted octanol–water partition coefficient (Wildman–Crippen LogP) is 7.37. The van der Waals surface area contributed by atoms with Gasteiger partial charge in [-0.25, -0.2) is 0 Å². The number of carbonyl (C=O) groups excluding carboxylic acids is 2. The number of fused-ring (bicyclic) bond motifs is 1. The lowest BCUT2D eigenvalue weighted by atomic mass is 10.0. The summed E-state index contributed by atoms with van der Waals surface area (Å²) in [6, 6.07) is 25.5. The molecule has 0 fully saturated rings. The van der Waals surface area contributed by atoms with E-state index in [2.05, 4.69) is 67.6 Å². The quantitative estimate of drug-likeness (QED) is 0.179.